The number of carbonyl (C=O) groups excluding carboxylic acids is 1. The number of nitrogens with zero attached hydrogens (tertiary/aromatic N) is 1. The van der Waals surface area contributed by atoms with Crippen LogP contribution >= 0.6 is 23.2 Å². The van der Waals surface area contributed by atoms with Crippen LogP contribution in [0, 0.1) is 0 Å². The van der Waals surface area contributed by atoms with E-state index in [2.05, 4.69) is 4.99 Å². The number of cyclic esters (lactones) is 1. The topological polar surface area (TPSA) is 57.1 Å². The average molecular weight is 378 g/mol. The number of hydrogen-bond donors (Lipinski definition) is 0. The van der Waals surface area contributed by atoms with Crippen molar-refractivity contribution in [1.29, 1.82) is 0 Å². The van der Waals surface area contributed by atoms with Crippen LogP contribution in [0.2, 0.25) is 10.0 Å². The van der Waals surface area contributed by atoms with Gasteiger partial charge < -0.3 is 14.2 Å². The highest BCUT2D eigenvalue weighted by molar-refractivity contribution is 6.36. The number of methoxy groups -OCH3 is 2. The fourth-order valence-electron chi connectivity index (χ4n) is 2.27. The van der Waals surface area contributed by atoms with Crippen molar-refractivity contribution in [3.05, 3.63) is 63.3 Å². The van der Waals surface area contributed by atoms with Crippen LogP contribution < -0.4 is 9.47 Å². The van der Waals surface area contributed by atoms with Gasteiger partial charge in [0.25, 0.3) is 0 Å². The Bertz CT molecular complexity index is 906. The lowest BCUT2D eigenvalue weighted by atomic mass is 10.1. The van der Waals surface area contributed by atoms with E-state index < -0.39 is 5.97 Å². The normalized spacial score (nSPS) is 15.1. The fourth-order valence-corrected chi connectivity index (χ4v) is 2.64. The third-order valence-electron chi connectivity index (χ3n) is 3.51. The van der Waals surface area contributed by atoms with E-state index in [1.807, 2.05) is 0 Å². The predicted molar refractivity (Wildman–Crippen MR) is 96.6 cm³/mol. The zero-order chi connectivity index (χ0) is 18.0. The van der Waals surface area contributed by atoms with E-state index in [-0.39, 0.29) is 11.6 Å². The second-order valence-corrected chi connectivity index (χ2v) is 5.91. The molecule has 25 heavy (non-hydrogen) atoms. The summed E-state index contributed by atoms with van der Waals surface area (Å²) in [6.07, 6.45) is 1.58. The van der Waals surface area contributed by atoms with E-state index in [0.717, 1.165) is 0 Å². The maximum atomic E-state index is 12.1. The minimum atomic E-state index is -0.580. The standard InChI is InChI=1S/C18H13Cl2NO4/c1-23-12-5-3-10(16(9-12)24-2)7-15-18(22)25-17(21-15)13-8-11(19)4-6-14(13)20/h3-9H,1-2H3/b15-7+. The molecule has 1 aliphatic rings. The largest absolute Gasteiger partial charge is 0.497 e. The zero-order valence-electron chi connectivity index (χ0n) is 13.4. The van der Waals surface area contributed by atoms with Crippen molar-refractivity contribution in [2.45, 2.75) is 0 Å². The Morgan fingerprint density at radius 3 is 2.60 bits per heavy atom. The molecule has 0 saturated carbocycles. The lowest BCUT2D eigenvalue weighted by Gasteiger charge is -2.07. The van der Waals surface area contributed by atoms with Crippen molar-refractivity contribution >= 4 is 41.1 Å². The molecule has 0 aromatic heterocycles. The average Bonchev–Trinajstić information content (AvgIpc) is 2.97. The van der Waals surface area contributed by atoms with Crippen LogP contribution in [0.15, 0.2) is 47.1 Å². The molecular formula is C18H13Cl2NO4. The number of halogens is 2. The van der Waals surface area contributed by atoms with Crippen molar-refractivity contribution in [1.82, 2.24) is 0 Å². The van der Waals surface area contributed by atoms with Gasteiger partial charge in [-0.3, -0.25) is 0 Å². The number of carbonyl (C=O) groups is 1. The maximum Gasteiger partial charge on any atom is 0.363 e. The first kappa shape index (κ1) is 17.3. The van der Waals surface area contributed by atoms with E-state index in [0.29, 0.717) is 32.7 Å². The van der Waals surface area contributed by atoms with E-state index in [1.54, 1.807) is 49.6 Å². The number of rotatable bonds is 4. The van der Waals surface area contributed by atoms with Crippen LogP contribution in [0.25, 0.3) is 6.08 Å². The molecule has 3 rings (SSSR count). The first-order valence-corrected chi connectivity index (χ1v) is 7.97. The number of benzene rings is 2. The molecule has 0 fully saturated rings. The Kier molecular flexibility index (Phi) is 4.97. The van der Waals surface area contributed by atoms with Gasteiger partial charge in [-0.1, -0.05) is 23.2 Å². The molecule has 1 heterocycles. The van der Waals surface area contributed by atoms with E-state index in [9.17, 15) is 4.79 Å². The fraction of sp³-hybridized carbons (Fsp3) is 0.111. The van der Waals surface area contributed by atoms with Crippen LogP contribution in [-0.4, -0.2) is 26.1 Å². The third-order valence-corrected chi connectivity index (χ3v) is 4.08. The Balaban J connectivity index is 2.00. The van der Waals surface area contributed by atoms with Gasteiger partial charge in [0.1, 0.15) is 11.5 Å². The van der Waals surface area contributed by atoms with Gasteiger partial charge in [0.05, 0.1) is 24.8 Å². The molecule has 0 atom stereocenters. The summed E-state index contributed by atoms with van der Waals surface area (Å²) in [7, 11) is 3.09. The van der Waals surface area contributed by atoms with Crippen LogP contribution in [0.4, 0.5) is 0 Å². The summed E-state index contributed by atoms with van der Waals surface area (Å²) in [5.41, 5.74) is 1.25. The Hall–Kier alpha value is -2.50. The van der Waals surface area contributed by atoms with Crippen LogP contribution in [0.3, 0.4) is 0 Å². The highest BCUT2D eigenvalue weighted by atomic mass is 35.5. The lowest BCUT2D eigenvalue weighted by molar-refractivity contribution is -0.129. The lowest BCUT2D eigenvalue weighted by Crippen LogP contribution is -2.06. The van der Waals surface area contributed by atoms with Gasteiger partial charge in [-0.25, -0.2) is 9.79 Å². The highest BCUT2D eigenvalue weighted by Gasteiger charge is 2.26. The Morgan fingerprint density at radius 1 is 1.08 bits per heavy atom. The number of aliphatic imine (C=N–C) groups is 1. The smallest absolute Gasteiger partial charge is 0.363 e. The van der Waals surface area contributed by atoms with E-state index in [4.69, 9.17) is 37.4 Å². The molecule has 7 heteroatoms. The molecule has 1 aliphatic heterocycles. The molecular weight excluding hydrogens is 365 g/mol. The molecule has 0 unspecified atom stereocenters. The van der Waals surface area contributed by atoms with Gasteiger partial charge in [-0.15, -0.1) is 0 Å². The van der Waals surface area contributed by atoms with Gasteiger partial charge >= 0.3 is 5.97 Å². The quantitative estimate of drug-likeness (QED) is 0.586. The zero-order valence-corrected chi connectivity index (χ0v) is 14.9. The Labute approximate surface area is 154 Å². The summed E-state index contributed by atoms with van der Waals surface area (Å²) in [5.74, 6) is 0.715. The molecule has 0 spiro atoms. The molecule has 2 aromatic rings. The molecule has 5 nitrogen and oxygen atoms in total. The molecule has 0 aliphatic carbocycles. The van der Waals surface area contributed by atoms with Crippen LogP contribution in [0.5, 0.6) is 11.5 Å². The van der Waals surface area contributed by atoms with E-state index >= 15 is 0 Å². The van der Waals surface area contributed by atoms with E-state index in [1.165, 1.54) is 7.11 Å². The van der Waals surface area contributed by atoms with Crippen LogP contribution in [0.1, 0.15) is 11.1 Å². The van der Waals surface area contributed by atoms with Crippen molar-refractivity contribution in [2.75, 3.05) is 14.2 Å². The van der Waals surface area contributed by atoms with Gasteiger partial charge in [-0.2, -0.15) is 0 Å². The molecule has 2 aromatic carbocycles. The third kappa shape index (κ3) is 3.62. The summed E-state index contributed by atoms with van der Waals surface area (Å²) in [5, 5.41) is 0.853. The second-order valence-electron chi connectivity index (χ2n) is 5.07. The molecule has 0 bridgehead atoms. The Morgan fingerprint density at radius 2 is 1.88 bits per heavy atom. The minimum absolute atomic E-state index is 0.108. The summed E-state index contributed by atoms with van der Waals surface area (Å²) < 4.78 is 15.7. The van der Waals surface area contributed by atoms with Crippen molar-refractivity contribution in [3.8, 4) is 11.5 Å². The van der Waals surface area contributed by atoms with Crippen molar-refractivity contribution in [2.24, 2.45) is 4.99 Å². The molecule has 0 N–H and O–H groups in total. The van der Waals surface area contributed by atoms with Gasteiger partial charge in [-0.05, 0) is 36.4 Å². The van der Waals surface area contributed by atoms with Gasteiger partial charge in [0.2, 0.25) is 5.90 Å². The monoisotopic (exact) mass is 377 g/mol. The second kappa shape index (κ2) is 7.17. The first-order valence-electron chi connectivity index (χ1n) is 7.22. The first-order chi connectivity index (χ1) is 12.0. The SMILES string of the molecule is COc1ccc(/C=C2/N=C(c3cc(Cl)ccc3Cl)OC2=O)c(OC)c1. The minimum Gasteiger partial charge on any atom is -0.497 e. The summed E-state index contributed by atoms with van der Waals surface area (Å²) in [6, 6.07) is 10.1. The summed E-state index contributed by atoms with van der Waals surface area (Å²) >= 11 is 12.1. The summed E-state index contributed by atoms with van der Waals surface area (Å²) in [4.78, 5) is 16.4. The number of hydrogen-bond acceptors (Lipinski definition) is 5. The molecule has 0 radical (unpaired) electrons. The highest BCUT2D eigenvalue weighted by Crippen LogP contribution is 2.30. The summed E-state index contributed by atoms with van der Waals surface area (Å²) in [6.45, 7) is 0. The molecule has 128 valence electrons. The predicted octanol–water partition coefficient (Wildman–Crippen LogP) is 4.36. The number of ether oxygens (including phenoxy) is 3. The molecule has 0 saturated heterocycles. The maximum absolute atomic E-state index is 12.1. The van der Waals surface area contributed by atoms with Gasteiger partial charge in [0.15, 0.2) is 5.70 Å². The van der Waals surface area contributed by atoms with Crippen molar-refractivity contribution in [3.63, 3.8) is 0 Å². The van der Waals surface area contributed by atoms with Crippen LogP contribution in [-0.2, 0) is 9.53 Å². The van der Waals surface area contributed by atoms with Gasteiger partial charge in [0, 0.05) is 16.7 Å². The van der Waals surface area contributed by atoms with Crippen molar-refractivity contribution < 1.29 is 19.0 Å². The molecule has 0 amide bonds. The number of esters is 1.